The lowest BCUT2D eigenvalue weighted by atomic mass is 9.92. The van der Waals surface area contributed by atoms with Crippen LogP contribution in [0.4, 0.5) is 0 Å². The van der Waals surface area contributed by atoms with Crippen molar-refractivity contribution in [1.29, 1.82) is 0 Å². The van der Waals surface area contributed by atoms with Gasteiger partial charge in [0, 0.05) is 48.0 Å². The molecule has 2 aliphatic rings. The highest BCUT2D eigenvalue weighted by atomic mass is 16.5. The SMILES string of the molecule is CCOCc1ccc2c(c1)c1c3c(c4c(c1n2CC(C)O)Cc1ccccc1-4)C(=O)NC3. The first-order valence-electron chi connectivity index (χ1n) is 11.3. The minimum absolute atomic E-state index is 0.0109. The Morgan fingerprint density at radius 2 is 2.00 bits per heavy atom. The lowest BCUT2D eigenvalue weighted by Gasteiger charge is -2.14. The van der Waals surface area contributed by atoms with Crippen LogP contribution in [0.25, 0.3) is 32.9 Å². The summed E-state index contributed by atoms with van der Waals surface area (Å²) in [5.74, 6) is 0.0109. The van der Waals surface area contributed by atoms with Crippen molar-refractivity contribution in [3.8, 4) is 11.1 Å². The fourth-order valence-electron chi connectivity index (χ4n) is 5.59. The Hall–Kier alpha value is -3.15. The van der Waals surface area contributed by atoms with E-state index in [4.69, 9.17) is 4.74 Å². The molecule has 32 heavy (non-hydrogen) atoms. The maximum absolute atomic E-state index is 13.0. The Morgan fingerprint density at radius 3 is 2.81 bits per heavy atom. The Morgan fingerprint density at radius 1 is 1.16 bits per heavy atom. The molecule has 1 amide bonds. The van der Waals surface area contributed by atoms with Crippen molar-refractivity contribution >= 4 is 27.7 Å². The number of aliphatic hydroxyl groups excluding tert-OH is 1. The third-order valence-corrected chi connectivity index (χ3v) is 6.80. The van der Waals surface area contributed by atoms with Gasteiger partial charge in [-0.15, -0.1) is 0 Å². The topological polar surface area (TPSA) is 63.5 Å². The average molecular weight is 427 g/mol. The van der Waals surface area contributed by atoms with Crippen LogP contribution in [0.1, 0.15) is 46.5 Å². The van der Waals surface area contributed by atoms with Crippen LogP contribution >= 0.6 is 0 Å². The second-order valence-corrected chi connectivity index (χ2v) is 8.90. The van der Waals surface area contributed by atoms with Gasteiger partial charge in [0.15, 0.2) is 0 Å². The van der Waals surface area contributed by atoms with Gasteiger partial charge in [-0.3, -0.25) is 4.79 Å². The predicted molar refractivity (Wildman–Crippen MR) is 126 cm³/mol. The van der Waals surface area contributed by atoms with Gasteiger partial charge in [-0.1, -0.05) is 30.3 Å². The monoisotopic (exact) mass is 426 g/mol. The van der Waals surface area contributed by atoms with Crippen LogP contribution in [-0.2, 0) is 30.9 Å². The highest BCUT2D eigenvalue weighted by Gasteiger charge is 2.35. The molecule has 0 bridgehead atoms. The summed E-state index contributed by atoms with van der Waals surface area (Å²) < 4.78 is 7.92. The summed E-state index contributed by atoms with van der Waals surface area (Å²) in [4.78, 5) is 13.0. The van der Waals surface area contributed by atoms with E-state index in [1.165, 1.54) is 11.1 Å². The molecule has 0 saturated heterocycles. The van der Waals surface area contributed by atoms with Gasteiger partial charge in [0.25, 0.3) is 5.91 Å². The van der Waals surface area contributed by atoms with Gasteiger partial charge >= 0.3 is 0 Å². The van der Waals surface area contributed by atoms with Gasteiger partial charge in [-0.05, 0) is 53.8 Å². The van der Waals surface area contributed by atoms with E-state index in [-0.39, 0.29) is 5.91 Å². The lowest BCUT2D eigenvalue weighted by Crippen LogP contribution is -2.13. The summed E-state index contributed by atoms with van der Waals surface area (Å²) in [5, 5.41) is 15.7. The second kappa shape index (κ2) is 7.19. The molecule has 1 aliphatic carbocycles. The van der Waals surface area contributed by atoms with Crippen molar-refractivity contribution in [1.82, 2.24) is 9.88 Å². The van der Waals surface area contributed by atoms with E-state index in [0.29, 0.717) is 26.3 Å². The largest absolute Gasteiger partial charge is 0.392 e. The number of nitrogens with one attached hydrogen (secondary N) is 1. The van der Waals surface area contributed by atoms with Gasteiger partial charge < -0.3 is 19.7 Å². The van der Waals surface area contributed by atoms with Crippen LogP contribution < -0.4 is 5.32 Å². The molecule has 1 unspecified atom stereocenters. The molecule has 0 saturated carbocycles. The van der Waals surface area contributed by atoms with E-state index in [0.717, 1.165) is 56.0 Å². The molecule has 3 aromatic carbocycles. The van der Waals surface area contributed by atoms with E-state index in [9.17, 15) is 9.90 Å². The number of hydrogen-bond acceptors (Lipinski definition) is 3. The molecule has 1 atom stereocenters. The quantitative estimate of drug-likeness (QED) is 0.434. The summed E-state index contributed by atoms with van der Waals surface area (Å²) in [5.41, 5.74) is 9.93. The maximum atomic E-state index is 13.0. The summed E-state index contributed by atoms with van der Waals surface area (Å²) in [6.07, 6.45) is 0.314. The number of aromatic nitrogens is 1. The van der Waals surface area contributed by atoms with Crippen LogP contribution in [0.5, 0.6) is 0 Å². The van der Waals surface area contributed by atoms with Crippen molar-refractivity contribution in [2.24, 2.45) is 0 Å². The molecular weight excluding hydrogens is 400 g/mol. The highest BCUT2D eigenvalue weighted by molar-refractivity contribution is 6.20. The number of fused-ring (bicyclic) bond motifs is 10. The first kappa shape index (κ1) is 19.5. The van der Waals surface area contributed by atoms with Crippen LogP contribution in [-0.4, -0.2) is 28.3 Å². The Labute approximate surface area is 186 Å². The van der Waals surface area contributed by atoms with E-state index < -0.39 is 6.10 Å². The van der Waals surface area contributed by atoms with Crippen LogP contribution in [0.2, 0.25) is 0 Å². The average Bonchev–Trinajstić information content (AvgIpc) is 3.44. The van der Waals surface area contributed by atoms with Crippen LogP contribution in [0.3, 0.4) is 0 Å². The molecule has 0 spiro atoms. The third kappa shape index (κ3) is 2.68. The van der Waals surface area contributed by atoms with Crippen molar-refractivity contribution < 1.29 is 14.6 Å². The molecule has 2 heterocycles. The normalized spacial score (nSPS) is 15.2. The molecular formula is C27H26N2O3. The van der Waals surface area contributed by atoms with E-state index in [1.807, 2.05) is 19.9 Å². The fourth-order valence-corrected chi connectivity index (χ4v) is 5.59. The molecule has 6 rings (SSSR count). The van der Waals surface area contributed by atoms with Gasteiger partial charge in [0.2, 0.25) is 0 Å². The molecule has 0 fully saturated rings. The first-order chi connectivity index (χ1) is 15.6. The number of rotatable bonds is 5. The number of carbonyl (C=O) groups excluding carboxylic acids is 1. The van der Waals surface area contributed by atoms with Crippen molar-refractivity contribution in [3.63, 3.8) is 0 Å². The van der Waals surface area contributed by atoms with Gasteiger partial charge in [-0.25, -0.2) is 0 Å². The number of ether oxygens (including phenoxy) is 1. The minimum atomic E-state index is -0.482. The zero-order chi connectivity index (χ0) is 22.0. The number of aliphatic hydroxyl groups is 1. The number of nitrogens with zero attached hydrogens (tertiary/aromatic N) is 1. The number of hydrogen-bond donors (Lipinski definition) is 2. The van der Waals surface area contributed by atoms with Gasteiger partial charge in [0.05, 0.1) is 23.8 Å². The molecule has 2 N–H and O–H groups in total. The van der Waals surface area contributed by atoms with Crippen LogP contribution in [0.15, 0.2) is 42.5 Å². The van der Waals surface area contributed by atoms with Crippen molar-refractivity contribution in [2.75, 3.05) is 6.61 Å². The number of amides is 1. The summed E-state index contributed by atoms with van der Waals surface area (Å²) in [7, 11) is 0. The zero-order valence-electron chi connectivity index (χ0n) is 18.4. The molecule has 1 aromatic heterocycles. The van der Waals surface area contributed by atoms with E-state index in [2.05, 4.69) is 46.3 Å². The fraction of sp³-hybridized carbons (Fsp3) is 0.296. The Balaban J connectivity index is 1.76. The maximum Gasteiger partial charge on any atom is 0.252 e. The van der Waals surface area contributed by atoms with E-state index in [1.54, 1.807) is 0 Å². The van der Waals surface area contributed by atoms with Crippen molar-refractivity contribution in [3.05, 3.63) is 70.3 Å². The molecule has 4 aromatic rings. The first-order valence-corrected chi connectivity index (χ1v) is 11.3. The molecule has 5 nitrogen and oxygen atoms in total. The number of benzene rings is 3. The second-order valence-electron chi connectivity index (χ2n) is 8.90. The molecule has 0 radical (unpaired) electrons. The minimum Gasteiger partial charge on any atom is -0.392 e. The smallest absolute Gasteiger partial charge is 0.252 e. The summed E-state index contributed by atoms with van der Waals surface area (Å²) in [6, 6.07) is 14.8. The van der Waals surface area contributed by atoms with E-state index >= 15 is 0 Å². The summed E-state index contributed by atoms with van der Waals surface area (Å²) >= 11 is 0. The van der Waals surface area contributed by atoms with Gasteiger partial charge in [-0.2, -0.15) is 0 Å². The lowest BCUT2D eigenvalue weighted by molar-refractivity contribution is 0.0966. The van der Waals surface area contributed by atoms with Gasteiger partial charge in [0.1, 0.15) is 0 Å². The standard InChI is InChI=1S/C27H26N2O3/c1-3-32-14-16-8-9-22-19(10-16)24-21-12-28-27(31)25(21)23-18-7-5-4-6-17(18)11-20(23)26(24)29(22)13-15(2)30/h4-10,15,30H,3,11-14H2,1-2H3,(H,28,31). The number of carbonyl (C=O) groups is 1. The van der Waals surface area contributed by atoms with Crippen LogP contribution in [0, 0.1) is 0 Å². The summed E-state index contributed by atoms with van der Waals surface area (Å²) in [6.45, 7) is 6.09. The third-order valence-electron chi connectivity index (χ3n) is 6.80. The predicted octanol–water partition coefficient (Wildman–Crippen LogP) is 4.53. The Bertz CT molecular complexity index is 1410. The highest BCUT2D eigenvalue weighted by Crippen LogP contribution is 2.48. The Kier molecular flexibility index (Phi) is 4.39. The molecule has 162 valence electrons. The molecule has 5 heteroatoms. The molecule has 1 aliphatic heterocycles. The zero-order valence-corrected chi connectivity index (χ0v) is 18.4. The van der Waals surface area contributed by atoms with Crippen molar-refractivity contribution in [2.45, 2.75) is 46.1 Å².